The summed E-state index contributed by atoms with van der Waals surface area (Å²) in [6.07, 6.45) is 0. The smallest absolute Gasteiger partial charge is 0.338 e. The van der Waals surface area contributed by atoms with Gasteiger partial charge in [0.2, 0.25) is 5.36 Å². The molecular weight excluding hydrogens is 913 g/mol. The molecule has 0 saturated heterocycles. The average molecular weight is 976 g/mol. The Hall–Kier alpha value is -6.50. The van der Waals surface area contributed by atoms with Gasteiger partial charge in [0, 0.05) is 113 Å². The lowest BCUT2D eigenvalue weighted by molar-refractivity contribution is 0.0521. The Kier molecular flexibility index (Phi) is 16.7. The first kappa shape index (κ1) is 49.9. The van der Waals surface area contributed by atoms with Crippen LogP contribution in [-0.2, 0) is 9.47 Å². The number of carbonyl (C=O) groups is 2. The fraction of sp³-hybridized carbons (Fsp3) is 0.310. The van der Waals surface area contributed by atoms with Gasteiger partial charge in [-0.25, -0.2) is 14.2 Å². The summed E-state index contributed by atoms with van der Waals surface area (Å²) in [6, 6.07) is 40.3. The maximum atomic E-state index is 13.9. The van der Waals surface area contributed by atoms with Crippen LogP contribution in [0.25, 0.3) is 66.8 Å². The molecule has 0 bridgehead atoms. The summed E-state index contributed by atoms with van der Waals surface area (Å²) in [5, 5.41) is 3.76. The van der Waals surface area contributed by atoms with E-state index in [1.807, 2.05) is 73.7 Å². The number of anilines is 2. The first-order chi connectivity index (χ1) is 34.2. The van der Waals surface area contributed by atoms with Crippen LogP contribution in [-0.4, -0.2) is 82.5 Å². The minimum absolute atomic E-state index is 0.219. The molecule has 0 saturated carbocycles. The molecule has 12 heteroatoms. The van der Waals surface area contributed by atoms with Gasteiger partial charge in [0.1, 0.15) is 49.0 Å². The molecule has 0 N–H and O–H groups in total. The molecule has 70 heavy (non-hydrogen) atoms. The van der Waals surface area contributed by atoms with Crippen molar-refractivity contribution < 1.29 is 27.9 Å². The van der Waals surface area contributed by atoms with Crippen LogP contribution in [0, 0.1) is 0 Å². The van der Waals surface area contributed by atoms with Crippen LogP contribution < -0.4 is 25.1 Å². The minimum atomic E-state index is -0.394. The van der Waals surface area contributed by atoms with E-state index in [9.17, 15) is 9.59 Å². The van der Waals surface area contributed by atoms with Crippen molar-refractivity contribution in [3.05, 3.63) is 143 Å². The fourth-order valence-corrected chi connectivity index (χ4v) is 11.0. The van der Waals surface area contributed by atoms with Crippen LogP contribution in [0.1, 0.15) is 69.2 Å². The van der Waals surface area contributed by atoms with Crippen LogP contribution in [0.2, 0.25) is 0 Å². The standard InChI is InChI=1S/C58H63N4O6S2/c1-8-59-39-23-27-47-51(35-39)67-52-36-40(60(9-2)10-3)24-28-48(52)55(47)43-19-15-17-21-45(43)57(63)65-31-33-69-70-34-32-66-58(64)46-22-18-16-20-44(46)56-49-29-25-41(61(11-4)12-5)37-53(49)68-54-38-42(26-30-50(54)56)62(13-6)14-7/h15-30,35-38H,8-14,31-34H2,1-7H3/q+1. The van der Waals surface area contributed by atoms with Crippen molar-refractivity contribution in [3.8, 4) is 44.9 Å². The number of nitrogens with zero attached hydrogens (tertiary/aromatic N) is 4. The zero-order valence-corrected chi connectivity index (χ0v) is 43.0. The molecule has 2 aliphatic carbocycles. The molecule has 4 aliphatic rings. The Labute approximate surface area is 419 Å². The third-order valence-corrected chi connectivity index (χ3v) is 15.2. The molecule has 0 spiro atoms. The van der Waals surface area contributed by atoms with Crippen LogP contribution in [0.3, 0.4) is 0 Å². The first-order valence-corrected chi connectivity index (χ1v) is 27.1. The number of hydrogen-bond donors (Lipinski definition) is 0. The lowest BCUT2D eigenvalue weighted by Crippen LogP contribution is -2.29. The van der Waals surface area contributed by atoms with E-state index in [-0.39, 0.29) is 19.2 Å². The Morgan fingerprint density at radius 1 is 0.543 bits per heavy atom. The van der Waals surface area contributed by atoms with E-state index in [2.05, 4.69) is 116 Å². The van der Waals surface area contributed by atoms with Gasteiger partial charge in [0.25, 0.3) is 0 Å². The van der Waals surface area contributed by atoms with Gasteiger partial charge in [-0.2, -0.15) is 0 Å². The fourth-order valence-electron chi connectivity index (χ4n) is 9.32. The second-order valence-corrected chi connectivity index (χ2v) is 19.4. The Bertz CT molecular complexity index is 3200. The molecule has 0 aromatic heterocycles. The highest BCUT2D eigenvalue weighted by molar-refractivity contribution is 8.76. The monoisotopic (exact) mass is 975 g/mol. The van der Waals surface area contributed by atoms with Gasteiger partial charge in [-0.3, -0.25) is 4.99 Å². The predicted molar refractivity (Wildman–Crippen MR) is 292 cm³/mol. The highest BCUT2D eigenvalue weighted by Gasteiger charge is 2.25. The number of benzene rings is 6. The number of fused-ring (bicyclic) bond motifs is 4. The van der Waals surface area contributed by atoms with Gasteiger partial charge < -0.3 is 28.1 Å². The van der Waals surface area contributed by atoms with Gasteiger partial charge >= 0.3 is 11.9 Å². The predicted octanol–water partition coefficient (Wildman–Crippen LogP) is 12.5. The molecule has 2 heterocycles. The molecule has 0 fully saturated rings. The summed E-state index contributed by atoms with van der Waals surface area (Å²) in [5.74, 6) is 1.81. The zero-order chi connectivity index (χ0) is 49.1. The average Bonchev–Trinajstić information content (AvgIpc) is 3.39. The van der Waals surface area contributed by atoms with Crippen molar-refractivity contribution in [1.29, 1.82) is 0 Å². The first-order valence-electron chi connectivity index (χ1n) is 24.6. The summed E-state index contributed by atoms with van der Waals surface area (Å²) in [4.78, 5) is 37.0. The van der Waals surface area contributed by atoms with Crippen LogP contribution in [0.5, 0.6) is 0 Å². The maximum absolute atomic E-state index is 13.9. The lowest BCUT2D eigenvalue weighted by atomic mass is 9.90. The van der Waals surface area contributed by atoms with Gasteiger partial charge in [-0.15, -0.1) is 0 Å². The summed E-state index contributed by atoms with van der Waals surface area (Å²) >= 11 is 0. The number of esters is 2. The molecule has 0 atom stereocenters. The van der Waals surface area contributed by atoms with E-state index in [1.54, 1.807) is 21.6 Å². The van der Waals surface area contributed by atoms with E-state index in [4.69, 9.17) is 18.3 Å². The molecule has 10 nitrogen and oxygen atoms in total. The second-order valence-electron chi connectivity index (χ2n) is 16.7. The van der Waals surface area contributed by atoms with Gasteiger partial charge in [-0.05, 0) is 114 Å². The highest BCUT2D eigenvalue weighted by Crippen LogP contribution is 2.44. The Morgan fingerprint density at radius 3 is 1.49 bits per heavy atom. The van der Waals surface area contributed by atoms with Crippen LogP contribution in [0.4, 0.5) is 11.4 Å². The molecule has 4 aromatic rings. The van der Waals surface area contributed by atoms with E-state index in [0.29, 0.717) is 34.9 Å². The summed E-state index contributed by atoms with van der Waals surface area (Å²) in [5.41, 5.74) is 9.86. The SMILES string of the molecule is CCN=c1ccc2c(-c3ccccc3C(=O)OCCSSCCOC(=O)c3ccccc3-c3c4ccc(=[N+](CC)CC)cc-4oc4cc(N(CC)CC)ccc34)c3ccc(N(CC)CC)cc3oc-2c1. The lowest BCUT2D eigenvalue weighted by Gasteiger charge is -2.22. The van der Waals surface area contributed by atoms with E-state index in [1.165, 1.54) is 0 Å². The van der Waals surface area contributed by atoms with Crippen LogP contribution >= 0.6 is 21.6 Å². The third-order valence-electron chi connectivity index (χ3n) is 12.8. The highest BCUT2D eigenvalue weighted by atomic mass is 33.1. The second kappa shape index (κ2) is 23.4. The molecule has 2 aliphatic heterocycles. The van der Waals surface area contributed by atoms with Crippen molar-refractivity contribution in [2.45, 2.75) is 48.5 Å². The van der Waals surface area contributed by atoms with E-state index >= 15 is 0 Å². The topological polar surface area (TPSA) is 101 Å². The molecule has 0 unspecified atom stereocenters. The van der Waals surface area contributed by atoms with Crippen molar-refractivity contribution in [1.82, 2.24) is 4.58 Å². The maximum Gasteiger partial charge on any atom is 0.338 e. The normalized spacial score (nSPS) is 11.7. The quantitative estimate of drug-likeness (QED) is 0.0241. The van der Waals surface area contributed by atoms with Crippen molar-refractivity contribution in [2.24, 2.45) is 4.99 Å². The number of ether oxygens (including phenoxy) is 2. The van der Waals surface area contributed by atoms with E-state index < -0.39 is 5.97 Å². The van der Waals surface area contributed by atoms with E-state index in [0.717, 1.165) is 122 Å². The van der Waals surface area contributed by atoms with Crippen molar-refractivity contribution >= 4 is 66.8 Å². The summed E-state index contributed by atoms with van der Waals surface area (Å²) in [6.45, 7) is 21.2. The number of rotatable bonds is 20. The van der Waals surface area contributed by atoms with Gasteiger partial charge in [0.05, 0.1) is 22.6 Å². The largest absolute Gasteiger partial charge is 0.461 e. The Balaban J connectivity index is 0.941. The third kappa shape index (κ3) is 10.6. The molecule has 362 valence electrons. The molecular formula is C58H63N4O6S2+. The number of carbonyl (C=O) groups excluding carboxylic acids is 2. The Morgan fingerprint density at radius 2 is 1.01 bits per heavy atom. The molecule has 0 amide bonds. The van der Waals surface area contributed by atoms with Gasteiger partial charge in [-0.1, -0.05) is 58.0 Å². The number of hydrogen-bond acceptors (Lipinski definition) is 11. The molecule has 8 rings (SSSR count). The molecule has 4 aromatic carbocycles. The van der Waals surface area contributed by atoms with Gasteiger partial charge in [0.15, 0.2) is 0 Å². The van der Waals surface area contributed by atoms with Crippen molar-refractivity contribution in [2.75, 3.05) is 80.3 Å². The molecule has 0 radical (unpaired) electrons. The minimum Gasteiger partial charge on any atom is -0.461 e. The van der Waals surface area contributed by atoms with Crippen molar-refractivity contribution in [3.63, 3.8) is 0 Å². The summed E-state index contributed by atoms with van der Waals surface area (Å²) < 4.78 is 27.4. The van der Waals surface area contributed by atoms with Crippen LogP contribution in [0.15, 0.2) is 135 Å². The summed E-state index contributed by atoms with van der Waals surface area (Å²) in [7, 11) is 3.15. The zero-order valence-electron chi connectivity index (χ0n) is 41.4.